The lowest BCUT2D eigenvalue weighted by molar-refractivity contribution is 0.512. The molecule has 0 fully saturated rings. The normalized spacial score (nSPS) is 14.3. The monoisotopic (exact) mass is 201 g/mol. The van der Waals surface area contributed by atoms with Crippen molar-refractivity contribution in [2.75, 3.05) is 0 Å². The SMILES string of the molecule is C#CC(CC)N[C@@H](C)c1ccc(C)cc1. The van der Waals surface area contributed by atoms with Crippen LogP contribution in [0.5, 0.6) is 0 Å². The third kappa shape index (κ3) is 3.42. The minimum atomic E-state index is 0.168. The Kier molecular flexibility index (Phi) is 4.39. The molecule has 0 aliphatic heterocycles. The second-order valence-corrected chi connectivity index (χ2v) is 3.93. The van der Waals surface area contributed by atoms with Crippen molar-refractivity contribution in [3.63, 3.8) is 0 Å². The Morgan fingerprint density at radius 3 is 2.40 bits per heavy atom. The van der Waals surface area contributed by atoms with Gasteiger partial charge in [0, 0.05) is 6.04 Å². The number of hydrogen-bond donors (Lipinski definition) is 1. The summed E-state index contributed by atoms with van der Waals surface area (Å²) in [5.74, 6) is 2.75. The largest absolute Gasteiger partial charge is 0.297 e. The predicted molar refractivity (Wildman–Crippen MR) is 65.6 cm³/mol. The number of nitrogens with one attached hydrogen (secondary N) is 1. The molecule has 1 unspecified atom stereocenters. The maximum absolute atomic E-state index is 5.42. The number of terminal acetylenes is 1. The molecule has 2 atom stereocenters. The molecule has 0 heterocycles. The van der Waals surface area contributed by atoms with Crippen LogP contribution in [-0.4, -0.2) is 6.04 Å². The van der Waals surface area contributed by atoms with Gasteiger partial charge in [-0.3, -0.25) is 5.32 Å². The van der Waals surface area contributed by atoms with E-state index in [4.69, 9.17) is 6.42 Å². The van der Waals surface area contributed by atoms with E-state index in [-0.39, 0.29) is 6.04 Å². The van der Waals surface area contributed by atoms with E-state index in [0.717, 1.165) is 6.42 Å². The highest BCUT2D eigenvalue weighted by molar-refractivity contribution is 5.24. The summed E-state index contributed by atoms with van der Waals surface area (Å²) in [5, 5.41) is 3.42. The van der Waals surface area contributed by atoms with Crippen LogP contribution in [0.1, 0.15) is 37.4 Å². The summed E-state index contributed by atoms with van der Waals surface area (Å²) in [6.07, 6.45) is 6.39. The molecule has 0 aliphatic carbocycles. The molecular formula is C14H19N. The quantitative estimate of drug-likeness (QED) is 0.738. The Balaban J connectivity index is 2.65. The van der Waals surface area contributed by atoms with Crippen LogP contribution in [-0.2, 0) is 0 Å². The van der Waals surface area contributed by atoms with Crippen LogP contribution in [0.25, 0.3) is 0 Å². The molecule has 1 aromatic carbocycles. The van der Waals surface area contributed by atoms with Crippen molar-refractivity contribution in [1.29, 1.82) is 0 Å². The molecule has 0 radical (unpaired) electrons. The van der Waals surface area contributed by atoms with Crippen LogP contribution >= 0.6 is 0 Å². The minimum Gasteiger partial charge on any atom is -0.297 e. The molecule has 0 bridgehead atoms. The molecule has 1 heteroatoms. The Bertz CT molecular complexity index is 331. The van der Waals surface area contributed by atoms with Crippen molar-refractivity contribution < 1.29 is 0 Å². The van der Waals surface area contributed by atoms with E-state index in [2.05, 4.69) is 56.3 Å². The summed E-state index contributed by atoms with van der Waals surface area (Å²) in [4.78, 5) is 0. The molecule has 0 saturated heterocycles. The first-order valence-corrected chi connectivity index (χ1v) is 5.46. The van der Waals surface area contributed by atoms with Gasteiger partial charge in [-0.05, 0) is 25.8 Å². The predicted octanol–water partition coefficient (Wildman–Crippen LogP) is 3.06. The summed E-state index contributed by atoms with van der Waals surface area (Å²) in [6, 6.07) is 9.04. The van der Waals surface area contributed by atoms with Gasteiger partial charge in [-0.15, -0.1) is 6.42 Å². The van der Waals surface area contributed by atoms with E-state index in [1.165, 1.54) is 11.1 Å². The smallest absolute Gasteiger partial charge is 0.0688 e. The van der Waals surface area contributed by atoms with E-state index in [1.807, 2.05) is 0 Å². The lowest BCUT2D eigenvalue weighted by atomic mass is 10.1. The first-order valence-electron chi connectivity index (χ1n) is 5.46. The summed E-state index contributed by atoms with van der Waals surface area (Å²) in [6.45, 7) is 6.34. The maximum Gasteiger partial charge on any atom is 0.0688 e. The molecule has 0 aromatic heterocycles. The molecule has 0 aliphatic rings. The van der Waals surface area contributed by atoms with Gasteiger partial charge in [-0.1, -0.05) is 42.7 Å². The van der Waals surface area contributed by atoms with Crippen molar-refractivity contribution >= 4 is 0 Å². The van der Waals surface area contributed by atoms with Gasteiger partial charge in [0.2, 0.25) is 0 Å². The fourth-order valence-corrected chi connectivity index (χ4v) is 1.54. The van der Waals surface area contributed by atoms with Gasteiger partial charge in [0.1, 0.15) is 0 Å². The second kappa shape index (κ2) is 5.58. The highest BCUT2D eigenvalue weighted by atomic mass is 14.9. The number of benzene rings is 1. The minimum absolute atomic E-state index is 0.168. The number of hydrogen-bond acceptors (Lipinski definition) is 1. The van der Waals surface area contributed by atoms with E-state index >= 15 is 0 Å². The Hall–Kier alpha value is -1.26. The lowest BCUT2D eigenvalue weighted by Gasteiger charge is -2.18. The first kappa shape index (κ1) is 11.8. The molecule has 1 rings (SSSR count). The topological polar surface area (TPSA) is 12.0 Å². The molecule has 1 N–H and O–H groups in total. The zero-order valence-corrected chi connectivity index (χ0v) is 9.75. The van der Waals surface area contributed by atoms with Crippen molar-refractivity contribution in [3.05, 3.63) is 35.4 Å². The maximum atomic E-state index is 5.42. The Morgan fingerprint density at radius 2 is 1.93 bits per heavy atom. The molecule has 1 aromatic rings. The van der Waals surface area contributed by atoms with Crippen molar-refractivity contribution in [1.82, 2.24) is 5.32 Å². The zero-order valence-electron chi connectivity index (χ0n) is 9.75. The van der Waals surface area contributed by atoms with Crippen LogP contribution in [0.4, 0.5) is 0 Å². The van der Waals surface area contributed by atoms with E-state index in [9.17, 15) is 0 Å². The highest BCUT2D eigenvalue weighted by Crippen LogP contribution is 2.14. The lowest BCUT2D eigenvalue weighted by Crippen LogP contribution is -2.29. The van der Waals surface area contributed by atoms with E-state index in [1.54, 1.807) is 0 Å². The average molecular weight is 201 g/mol. The fourth-order valence-electron chi connectivity index (χ4n) is 1.54. The van der Waals surface area contributed by atoms with Crippen LogP contribution in [0.15, 0.2) is 24.3 Å². The third-order valence-corrected chi connectivity index (χ3v) is 2.64. The molecule has 0 amide bonds. The fraction of sp³-hybridized carbons (Fsp3) is 0.429. The third-order valence-electron chi connectivity index (χ3n) is 2.64. The van der Waals surface area contributed by atoms with Crippen LogP contribution < -0.4 is 5.32 Å². The van der Waals surface area contributed by atoms with Gasteiger partial charge in [0.25, 0.3) is 0 Å². The molecule has 1 nitrogen and oxygen atoms in total. The van der Waals surface area contributed by atoms with Gasteiger partial charge in [0.05, 0.1) is 6.04 Å². The van der Waals surface area contributed by atoms with Crippen molar-refractivity contribution in [2.45, 2.75) is 39.3 Å². The summed E-state index contributed by atoms with van der Waals surface area (Å²) < 4.78 is 0. The zero-order chi connectivity index (χ0) is 11.3. The number of aryl methyl sites for hydroxylation is 1. The first-order chi connectivity index (χ1) is 7.17. The van der Waals surface area contributed by atoms with Crippen molar-refractivity contribution in [3.8, 4) is 12.3 Å². The van der Waals surface area contributed by atoms with Gasteiger partial charge < -0.3 is 0 Å². The average Bonchev–Trinajstić information content (AvgIpc) is 2.26. The van der Waals surface area contributed by atoms with Crippen molar-refractivity contribution in [2.24, 2.45) is 0 Å². The van der Waals surface area contributed by atoms with E-state index in [0.29, 0.717) is 6.04 Å². The second-order valence-electron chi connectivity index (χ2n) is 3.93. The summed E-state index contributed by atoms with van der Waals surface area (Å²) >= 11 is 0. The standard InChI is InChI=1S/C14H19N/c1-5-14(6-2)15-12(4)13-9-7-11(3)8-10-13/h1,7-10,12,14-15H,6H2,2-4H3/t12-,14?/m0/s1. The molecule has 0 spiro atoms. The molecule has 0 saturated carbocycles. The Morgan fingerprint density at radius 1 is 1.33 bits per heavy atom. The van der Waals surface area contributed by atoms with Crippen LogP contribution in [0, 0.1) is 19.3 Å². The van der Waals surface area contributed by atoms with Gasteiger partial charge >= 0.3 is 0 Å². The Labute approximate surface area is 92.9 Å². The van der Waals surface area contributed by atoms with Gasteiger partial charge in [0.15, 0.2) is 0 Å². The molecular weight excluding hydrogens is 182 g/mol. The van der Waals surface area contributed by atoms with Crippen LogP contribution in [0.3, 0.4) is 0 Å². The molecule has 80 valence electrons. The summed E-state index contributed by atoms with van der Waals surface area (Å²) in [5.41, 5.74) is 2.57. The van der Waals surface area contributed by atoms with Gasteiger partial charge in [-0.25, -0.2) is 0 Å². The highest BCUT2D eigenvalue weighted by Gasteiger charge is 2.08. The molecule has 15 heavy (non-hydrogen) atoms. The van der Waals surface area contributed by atoms with E-state index < -0.39 is 0 Å². The number of rotatable bonds is 4. The summed E-state index contributed by atoms with van der Waals surface area (Å²) in [7, 11) is 0. The van der Waals surface area contributed by atoms with Gasteiger partial charge in [-0.2, -0.15) is 0 Å². The van der Waals surface area contributed by atoms with Crippen LogP contribution in [0.2, 0.25) is 0 Å².